The Bertz CT molecular complexity index is 811. The molecule has 0 unspecified atom stereocenters. The van der Waals surface area contributed by atoms with E-state index in [1.807, 2.05) is 50.2 Å². The number of fused-ring (bicyclic) bond motifs is 1. The summed E-state index contributed by atoms with van der Waals surface area (Å²) in [5, 5.41) is 2.92. The lowest BCUT2D eigenvalue weighted by Gasteiger charge is -2.13. The van der Waals surface area contributed by atoms with E-state index in [0.29, 0.717) is 6.54 Å². The maximum absolute atomic E-state index is 11.9. The molecule has 1 amide bonds. The summed E-state index contributed by atoms with van der Waals surface area (Å²) in [6, 6.07) is 13.7. The van der Waals surface area contributed by atoms with Crippen LogP contribution >= 0.6 is 0 Å². The lowest BCUT2D eigenvalue weighted by Crippen LogP contribution is -2.36. The molecule has 0 fully saturated rings. The number of rotatable bonds is 5. The Morgan fingerprint density at radius 2 is 1.96 bits per heavy atom. The van der Waals surface area contributed by atoms with E-state index in [4.69, 9.17) is 4.74 Å². The molecule has 4 nitrogen and oxygen atoms in total. The van der Waals surface area contributed by atoms with Gasteiger partial charge >= 0.3 is 0 Å². The Labute approximate surface area is 148 Å². The minimum Gasteiger partial charge on any atom is -0.488 e. The van der Waals surface area contributed by atoms with Crippen molar-refractivity contribution in [2.24, 2.45) is 5.92 Å². The number of hydrogen-bond acceptors (Lipinski definition) is 3. The summed E-state index contributed by atoms with van der Waals surface area (Å²) in [7, 11) is 0. The van der Waals surface area contributed by atoms with Crippen LogP contribution in [-0.2, 0) is 11.2 Å². The number of ketones is 1. The molecular weight excluding hydrogens is 314 g/mol. The normalized spacial score (nSPS) is 15.6. The van der Waals surface area contributed by atoms with Gasteiger partial charge in [-0.1, -0.05) is 44.2 Å². The lowest BCUT2D eigenvalue weighted by atomic mass is 9.95. The summed E-state index contributed by atoms with van der Waals surface area (Å²) < 4.78 is 5.92. The molecule has 0 spiro atoms. The molecule has 0 radical (unpaired) electrons. The highest BCUT2D eigenvalue weighted by atomic mass is 16.5. The largest absolute Gasteiger partial charge is 0.488 e. The maximum atomic E-state index is 11.9. The Morgan fingerprint density at radius 3 is 2.68 bits per heavy atom. The third kappa shape index (κ3) is 3.73. The van der Waals surface area contributed by atoms with Gasteiger partial charge in [-0.25, -0.2) is 0 Å². The highest BCUT2D eigenvalue weighted by molar-refractivity contribution is 6.00. The maximum Gasteiger partial charge on any atom is 0.222 e. The van der Waals surface area contributed by atoms with Crippen molar-refractivity contribution in [2.45, 2.75) is 33.3 Å². The van der Waals surface area contributed by atoms with Gasteiger partial charge in [-0.2, -0.15) is 0 Å². The molecule has 2 aromatic carbocycles. The SMILES string of the molecule is CC(=O)c1ccccc1-c1ccc2c(c1)C[C@H](CNC(=O)C(C)C)O2. The molecule has 1 atom stereocenters. The number of carbonyl (C=O) groups is 2. The van der Waals surface area contributed by atoms with Crippen LogP contribution in [-0.4, -0.2) is 24.3 Å². The van der Waals surface area contributed by atoms with Crippen LogP contribution in [0.15, 0.2) is 42.5 Å². The minimum atomic E-state index is -0.0454. The molecule has 25 heavy (non-hydrogen) atoms. The number of amides is 1. The molecule has 3 rings (SSSR count). The zero-order valence-corrected chi connectivity index (χ0v) is 14.8. The first kappa shape index (κ1) is 17.2. The van der Waals surface area contributed by atoms with Crippen molar-refractivity contribution < 1.29 is 14.3 Å². The van der Waals surface area contributed by atoms with Gasteiger partial charge in [-0.3, -0.25) is 9.59 Å². The fourth-order valence-corrected chi connectivity index (χ4v) is 3.06. The fraction of sp³-hybridized carbons (Fsp3) is 0.333. The highest BCUT2D eigenvalue weighted by Crippen LogP contribution is 2.34. The third-order valence-electron chi connectivity index (χ3n) is 4.45. The first-order valence-corrected chi connectivity index (χ1v) is 8.63. The summed E-state index contributed by atoms with van der Waals surface area (Å²) in [4.78, 5) is 23.6. The van der Waals surface area contributed by atoms with Crippen molar-refractivity contribution in [3.63, 3.8) is 0 Å². The van der Waals surface area contributed by atoms with Gasteiger partial charge in [-0.15, -0.1) is 0 Å². The van der Waals surface area contributed by atoms with Crippen LogP contribution in [0.4, 0.5) is 0 Å². The molecule has 0 saturated heterocycles. The first-order chi connectivity index (χ1) is 12.0. The summed E-state index contributed by atoms with van der Waals surface area (Å²) in [6.45, 7) is 5.84. The van der Waals surface area contributed by atoms with Crippen LogP contribution in [0, 0.1) is 5.92 Å². The summed E-state index contributed by atoms with van der Waals surface area (Å²) >= 11 is 0. The Balaban J connectivity index is 1.77. The third-order valence-corrected chi connectivity index (χ3v) is 4.45. The molecule has 130 valence electrons. The van der Waals surface area contributed by atoms with Crippen LogP contribution in [0.1, 0.15) is 36.7 Å². The van der Waals surface area contributed by atoms with E-state index in [2.05, 4.69) is 11.4 Å². The van der Waals surface area contributed by atoms with Gasteiger partial charge in [0.05, 0.1) is 6.54 Å². The average Bonchev–Trinajstić information content (AvgIpc) is 3.01. The monoisotopic (exact) mass is 337 g/mol. The second-order valence-corrected chi connectivity index (χ2v) is 6.77. The van der Waals surface area contributed by atoms with E-state index in [1.54, 1.807) is 6.92 Å². The average molecular weight is 337 g/mol. The van der Waals surface area contributed by atoms with Crippen molar-refractivity contribution in [3.8, 4) is 16.9 Å². The summed E-state index contributed by atoms with van der Waals surface area (Å²) in [5.74, 6) is 0.920. The topological polar surface area (TPSA) is 55.4 Å². The number of nitrogens with one attached hydrogen (secondary N) is 1. The molecule has 0 bridgehead atoms. The van der Waals surface area contributed by atoms with E-state index in [0.717, 1.165) is 34.4 Å². The van der Waals surface area contributed by atoms with Crippen LogP contribution in [0.2, 0.25) is 0 Å². The number of benzene rings is 2. The Hall–Kier alpha value is -2.62. The van der Waals surface area contributed by atoms with E-state index < -0.39 is 0 Å². The van der Waals surface area contributed by atoms with Crippen LogP contribution < -0.4 is 10.1 Å². The predicted molar refractivity (Wildman–Crippen MR) is 97.9 cm³/mol. The van der Waals surface area contributed by atoms with E-state index in [9.17, 15) is 9.59 Å². The molecule has 1 aliphatic rings. The molecule has 0 saturated carbocycles. The summed E-state index contributed by atoms with van der Waals surface area (Å²) in [6.07, 6.45) is 0.708. The number of carbonyl (C=O) groups excluding carboxylic acids is 2. The molecule has 0 aromatic heterocycles. The van der Waals surface area contributed by atoms with E-state index >= 15 is 0 Å². The van der Waals surface area contributed by atoms with Crippen molar-refractivity contribution in [1.29, 1.82) is 0 Å². The Morgan fingerprint density at radius 1 is 1.20 bits per heavy atom. The molecule has 0 aliphatic carbocycles. The minimum absolute atomic E-state index is 0.0292. The van der Waals surface area contributed by atoms with Crippen LogP contribution in [0.3, 0.4) is 0 Å². The molecule has 4 heteroatoms. The number of Topliss-reactive ketones (excluding diaryl/α,β-unsaturated/α-hetero) is 1. The van der Waals surface area contributed by atoms with Gasteiger partial charge < -0.3 is 10.1 Å². The van der Waals surface area contributed by atoms with Crippen molar-refractivity contribution >= 4 is 11.7 Å². The predicted octanol–water partition coefficient (Wildman–Crippen LogP) is 3.63. The van der Waals surface area contributed by atoms with Crippen molar-refractivity contribution in [3.05, 3.63) is 53.6 Å². The van der Waals surface area contributed by atoms with Gasteiger partial charge in [-0.05, 0) is 35.7 Å². The smallest absolute Gasteiger partial charge is 0.222 e. The van der Waals surface area contributed by atoms with Gasteiger partial charge in [0, 0.05) is 17.9 Å². The second kappa shape index (κ2) is 7.09. The zero-order valence-electron chi connectivity index (χ0n) is 14.8. The zero-order chi connectivity index (χ0) is 18.0. The number of hydrogen-bond donors (Lipinski definition) is 1. The van der Waals surface area contributed by atoms with Crippen LogP contribution in [0.25, 0.3) is 11.1 Å². The van der Waals surface area contributed by atoms with Crippen molar-refractivity contribution in [1.82, 2.24) is 5.32 Å². The van der Waals surface area contributed by atoms with Crippen molar-refractivity contribution in [2.75, 3.05) is 6.54 Å². The van der Waals surface area contributed by atoms with Gasteiger partial charge in [0.2, 0.25) is 5.91 Å². The molecule has 1 N–H and O–H groups in total. The van der Waals surface area contributed by atoms with Gasteiger partial charge in [0.1, 0.15) is 11.9 Å². The molecule has 2 aromatic rings. The molecule has 1 heterocycles. The fourth-order valence-electron chi connectivity index (χ4n) is 3.06. The number of ether oxygens (including phenoxy) is 1. The Kier molecular flexibility index (Phi) is 4.88. The highest BCUT2D eigenvalue weighted by Gasteiger charge is 2.24. The summed E-state index contributed by atoms with van der Waals surface area (Å²) in [5.41, 5.74) is 3.79. The lowest BCUT2D eigenvalue weighted by molar-refractivity contribution is -0.124. The van der Waals surface area contributed by atoms with E-state index in [1.165, 1.54) is 0 Å². The second-order valence-electron chi connectivity index (χ2n) is 6.77. The van der Waals surface area contributed by atoms with Gasteiger partial charge in [0.25, 0.3) is 0 Å². The molecular formula is C21H23NO3. The quantitative estimate of drug-likeness (QED) is 0.848. The standard InChI is InChI=1S/C21H23NO3/c1-13(2)21(24)22-12-17-11-16-10-15(8-9-20(16)25-17)19-7-5-4-6-18(19)14(3)23/h4-10,13,17H,11-12H2,1-3H3,(H,22,24)/t17-/m1/s1. The van der Waals surface area contributed by atoms with Gasteiger partial charge in [0.15, 0.2) is 5.78 Å². The molecule has 1 aliphatic heterocycles. The van der Waals surface area contributed by atoms with Crippen LogP contribution in [0.5, 0.6) is 5.75 Å². The first-order valence-electron chi connectivity index (χ1n) is 8.63. The van der Waals surface area contributed by atoms with E-state index in [-0.39, 0.29) is 23.7 Å².